The highest BCUT2D eigenvalue weighted by Gasteiger charge is 2.17. The molecule has 0 atom stereocenters. The number of nitro benzene ring substituents is 1. The molecule has 2 rings (SSSR count). The maximum Gasteiger partial charge on any atom is 0.273 e. The van der Waals surface area contributed by atoms with Gasteiger partial charge in [0.05, 0.1) is 28.8 Å². The standard InChI is InChI=1S/C17H16FN5O3/c1-2-11-3-4-15(16(7-11)20-5-6-24)21-22-17-12(10-19)8-13(23(25)26)9-14(17)18/h3-4,7-9,20,24H,2,5-6H2,1H3. The summed E-state index contributed by atoms with van der Waals surface area (Å²) < 4.78 is 14.1. The molecule has 0 aromatic heterocycles. The van der Waals surface area contributed by atoms with Crippen LogP contribution in [0, 0.1) is 27.3 Å². The zero-order chi connectivity index (χ0) is 19.1. The largest absolute Gasteiger partial charge is 0.395 e. The summed E-state index contributed by atoms with van der Waals surface area (Å²) in [6.45, 7) is 2.20. The molecule has 2 N–H and O–H groups in total. The maximum absolute atomic E-state index is 14.1. The highest BCUT2D eigenvalue weighted by molar-refractivity contribution is 5.67. The van der Waals surface area contributed by atoms with E-state index in [0.29, 0.717) is 24.0 Å². The summed E-state index contributed by atoms with van der Waals surface area (Å²) in [6, 6.07) is 8.67. The first-order valence-corrected chi connectivity index (χ1v) is 7.77. The molecule has 0 heterocycles. The van der Waals surface area contributed by atoms with E-state index in [9.17, 15) is 14.5 Å². The van der Waals surface area contributed by atoms with E-state index in [0.717, 1.165) is 18.1 Å². The number of rotatable bonds is 7. The number of non-ortho nitro benzene ring substituents is 1. The van der Waals surface area contributed by atoms with Gasteiger partial charge < -0.3 is 10.4 Å². The Kier molecular flexibility index (Phi) is 6.30. The topological polar surface area (TPSA) is 124 Å². The van der Waals surface area contributed by atoms with Crippen molar-refractivity contribution in [3.63, 3.8) is 0 Å². The second-order valence-corrected chi connectivity index (χ2v) is 5.25. The van der Waals surface area contributed by atoms with Crippen LogP contribution >= 0.6 is 0 Å². The molecule has 0 bridgehead atoms. The van der Waals surface area contributed by atoms with E-state index in [2.05, 4.69) is 15.5 Å². The molecule has 9 heteroatoms. The number of hydrogen-bond acceptors (Lipinski definition) is 7. The predicted molar refractivity (Wildman–Crippen MR) is 93.3 cm³/mol. The molecule has 8 nitrogen and oxygen atoms in total. The molecular formula is C17H16FN5O3. The summed E-state index contributed by atoms with van der Waals surface area (Å²) in [6.07, 6.45) is 0.792. The lowest BCUT2D eigenvalue weighted by Crippen LogP contribution is -2.05. The lowest BCUT2D eigenvalue weighted by molar-refractivity contribution is -0.385. The van der Waals surface area contributed by atoms with Gasteiger partial charge in [0, 0.05) is 12.6 Å². The zero-order valence-corrected chi connectivity index (χ0v) is 13.9. The van der Waals surface area contributed by atoms with Crippen molar-refractivity contribution in [1.29, 1.82) is 5.26 Å². The molecule has 26 heavy (non-hydrogen) atoms. The maximum atomic E-state index is 14.1. The van der Waals surface area contributed by atoms with Crippen LogP contribution in [0.25, 0.3) is 0 Å². The van der Waals surface area contributed by atoms with E-state index in [-0.39, 0.29) is 17.9 Å². The van der Waals surface area contributed by atoms with E-state index >= 15 is 0 Å². The lowest BCUT2D eigenvalue weighted by Gasteiger charge is -2.09. The Labute approximate surface area is 148 Å². The third-order valence-corrected chi connectivity index (χ3v) is 3.53. The molecule has 0 radical (unpaired) electrons. The minimum Gasteiger partial charge on any atom is -0.395 e. The number of anilines is 1. The van der Waals surface area contributed by atoms with E-state index in [1.54, 1.807) is 12.1 Å². The molecule has 134 valence electrons. The molecule has 0 spiro atoms. The quantitative estimate of drug-likeness (QED) is 0.440. The first-order chi connectivity index (χ1) is 12.5. The van der Waals surface area contributed by atoms with Crippen molar-refractivity contribution in [3.8, 4) is 6.07 Å². The van der Waals surface area contributed by atoms with Crippen molar-refractivity contribution < 1.29 is 14.4 Å². The Hall–Kier alpha value is -3.38. The van der Waals surface area contributed by atoms with Crippen molar-refractivity contribution in [1.82, 2.24) is 0 Å². The number of azo groups is 1. The molecule has 0 aliphatic heterocycles. The van der Waals surface area contributed by atoms with Crippen LogP contribution in [0.15, 0.2) is 40.6 Å². The van der Waals surface area contributed by atoms with Crippen LogP contribution in [-0.2, 0) is 6.42 Å². The number of nitrogens with one attached hydrogen (secondary N) is 1. The first kappa shape index (κ1) is 19.0. The number of aliphatic hydroxyl groups is 1. The third kappa shape index (κ3) is 4.37. The summed E-state index contributed by atoms with van der Waals surface area (Å²) in [5.41, 5.74) is 0.834. The predicted octanol–water partition coefficient (Wildman–Crippen LogP) is 3.99. The Morgan fingerprint density at radius 3 is 2.73 bits per heavy atom. The van der Waals surface area contributed by atoms with E-state index < -0.39 is 16.4 Å². The minimum absolute atomic E-state index is 0.0809. The van der Waals surface area contributed by atoms with Gasteiger partial charge in [-0.2, -0.15) is 5.26 Å². The first-order valence-electron chi connectivity index (χ1n) is 7.77. The van der Waals surface area contributed by atoms with Gasteiger partial charge in [0.2, 0.25) is 0 Å². The molecular weight excluding hydrogens is 341 g/mol. The summed E-state index contributed by atoms with van der Waals surface area (Å²) in [5, 5.41) is 39.6. The van der Waals surface area contributed by atoms with Gasteiger partial charge in [-0.05, 0) is 24.1 Å². The van der Waals surface area contributed by atoms with E-state index in [4.69, 9.17) is 10.4 Å². The van der Waals surface area contributed by atoms with Crippen LogP contribution < -0.4 is 5.32 Å². The van der Waals surface area contributed by atoms with Crippen molar-refractivity contribution in [2.24, 2.45) is 10.2 Å². The zero-order valence-electron chi connectivity index (χ0n) is 13.9. The van der Waals surface area contributed by atoms with Crippen LogP contribution in [-0.4, -0.2) is 23.2 Å². The number of halogens is 1. The number of nitrogens with zero attached hydrogens (tertiary/aromatic N) is 4. The van der Waals surface area contributed by atoms with Gasteiger partial charge in [-0.3, -0.25) is 10.1 Å². The highest BCUT2D eigenvalue weighted by Crippen LogP contribution is 2.32. The molecule has 2 aromatic carbocycles. The van der Waals surface area contributed by atoms with E-state index in [1.807, 2.05) is 19.1 Å². The molecule has 0 fully saturated rings. The lowest BCUT2D eigenvalue weighted by atomic mass is 10.1. The van der Waals surface area contributed by atoms with Crippen LogP contribution in [0.4, 0.5) is 27.1 Å². The summed E-state index contributed by atoms with van der Waals surface area (Å²) in [4.78, 5) is 9.98. The number of nitriles is 1. The van der Waals surface area contributed by atoms with Gasteiger partial charge in [-0.1, -0.05) is 13.0 Å². The highest BCUT2D eigenvalue weighted by atomic mass is 19.1. The van der Waals surface area contributed by atoms with Gasteiger partial charge in [0.1, 0.15) is 17.4 Å². The molecule has 0 amide bonds. The second-order valence-electron chi connectivity index (χ2n) is 5.25. The van der Waals surface area contributed by atoms with Crippen molar-refractivity contribution >= 4 is 22.7 Å². The van der Waals surface area contributed by atoms with Crippen molar-refractivity contribution in [2.45, 2.75) is 13.3 Å². The minimum atomic E-state index is -1.01. The van der Waals surface area contributed by atoms with Gasteiger partial charge in [-0.15, -0.1) is 10.2 Å². The number of hydrogen-bond donors (Lipinski definition) is 2. The monoisotopic (exact) mass is 357 g/mol. The van der Waals surface area contributed by atoms with Crippen LogP contribution in [0.2, 0.25) is 0 Å². The Morgan fingerprint density at radius 1 is 1.35 bits per heavy atom. The molecule has 2 aromatic rings. The normalized spacial score (nSPS) is 10.7. The number of nitro groups is 1. The SMILES string of the molecule is CCc1ccc(N=Nc2c(F)cc([N+](=O)[O-])cc2C#N)c(NCCO)c1. The summed E-state index contributed by atoms with van der Waals surface area (Å²) in [5.74, 6) is -1.01. The summed E-state index contributed by atoms with van der Waals surface area (Å²) >= 11 is 0. The average Bonchev–Trinajstić information content (AvgIpc) is 2.64. The third-order valence-electron chi connectivity index (χ3n) is 3.53. The van der Waals surface area contributed by atoms with Crippen LogP contribution in [0.1, 0.15) is 18.1 Å². The molecule has 0 aliphatic rings. The van der Waals surface area contributed by atoms with Crippen LogP contribution in [0.5, 0.6) is 0 Å². The fourth-order valence-corrected chi connectivity index (χ4v) is 2.20. The van der Waals surface area contributed by atoms with Crippen LogP contribution in [0.3, 0.4) is 0 Å². The summed E-state index contributed by atoms with van der Waals surface area (Å²) in [7, 11) is 0. The fraction of sp³-hybridized carbons (Fsp3) is 0.235. The Balaban J connectivity index is 2.44. The molecule has 0 aliphatic carbocycles. The van der Waals surface area contributed by atoms with Crippen molar-refractivity contribution in [2.75, 3.05) is 18.5 Å². The fourth-order valence-electron chi connectivity index (χ4n) is 2.20. The Bertz CT molecular complexity index is 893. The van der Waals surface area contributed by atoms with Crippen molar-refractivity contribution in [3.05, 3.63) is 57.4 Å². The van der Waals surface area contributed by atoms with Gasteiger partial charge >= 0.3 is 0 Å². The number of benzene rings is 2. The smallest absolute Gasteiger partial charge is 0.273 e. The number of aryl methyl sites for hydroxylation is 1. The average molecular weight is 357 g/mol. The number of aliphatic hydroxyl groups excluding tert-OH is 1. The molecule has 0 saturated heterocycles. The van der Waals surface area contributed by atoms with Gasteiger partial charge in [0.15, 0.2) is 5.82 Å². The van der Waals surface area contributed by atoms with E-state index in [1.165, 1.54) is 0 Å². The van der Waals surface area contributed by atoms with Gasteiger partial charge in [-0.25, -0.2) is 4.39 Å². The molecule has 0 saturated carbocycles. The van der Waals surface area contributed by atoms with Gasteiger partial charge in [0.25, 0.3) is 5.69 Å². The Morgan fingerprint density at radius 2 is 2.12 bits per heavy atom. The molecule has 0 unspecified atom stereocenters. The second kappa shape index (κ2) is 8.64.